The van der Waals surface area contributed by atoms with Crippen LogP contribution in [0.3, 0.4) is 0 Å². The molecule has 138 valence electrons. The molecule has 0 saturated carbocycles. The molecule has 1 amide bonds. The van der Waals surface area contributed by atoms with Gasteiger partial charge in [-0.15, -0.1) is 0 Å². The molecule has 0 saturated heterocycles. The van der Waals surface area contributed by atoms with Crippen LogP contribution in [-0.2, 0) is 11.2 Å². The highest BCUT2D eigenvalue weighted by atomic mass is 16.3. The van der Waals surface area contributed by atoms with Crippen LogP contribution in [0.5, 0.6) is 0 Å². The van der Waals surface area contributed by atoms with Gasteiger partial charge in [0.15, 0.2) is 5.58 Å². The average molecular weight is 364 g/mol. The van der Waals surface area contributed by atoms with Crippen LogP contribution < -0.4 is 10.9 Å². The van der Waals surface area contributed by atoms with Gasteiger partial charge in [0.05, 0.1) is 11.8 Å². The summed E-state index contributed by atoms with van der Waals surface area (Å²) < 4.78 is 8.29. The topological polar surface area (TPSA) is 81.5 Å². The van der Waals surface area contributed by atoms with Gasteiger partial charge in [0, 0.05) is 18.7 Å². The van der Waals surface area contributed by atoms with Crippen LogP contribution in [0, 0.1) is 0 Å². The smallest absolute Gasteiger partial charge is 0.291 e. The zero-order valence-electron chi connectivity index (χ0n) is 15.0. The fraction of sp³-hybridized carbons (Fsp3) is 0.250. The molecule has 0 fully saturated rings. The summed E-state index contributed by atoms with van der Waals surface area (Å²) in [6.07, 6.45) is 4.32. The van der Waals surface area contributed by atoms with Crippen molar-refractivity contribution >= 4 is 22.5 Å². The molecule has 1 unspecified atom stereocenters. The van der Waals surface area contributed by atoms with Crippen molar-refractivity contribution in [2.45, 2.75) is 25.8 Å². The fourth-order valence-electron chi connectivity index (χ4n) is 3.29. The van der Waals surface area contributed by atoms with E-state index in [4.69, 9.17) is 4.42 Å². The number of carbonyl (C=O) groups is 1. The number of nitrogens with zero attached hydrogens (tertiary/aromatic N) is 3. The molecular weight excluding hydrogens is 344 g/mol. The second kappa shape index (κ2) is 7.11. The number of carbonyl (C=O) groups excluding carboxylic acids is 1. The Morgan fingerprint density at radius 3 is 2.81 bits per heavy atom. The van der Waals surface area contributed by atoms with Gasteiger partial charge in [0.1, 0.15) is 17.9 Å². The van der Waals surface area contributed by atoms with E-state index < -0.39 is 6.04 Å². The largest absolute Gasteiger partial charge is 0.463 e. The lowest BCUT2D eigenvalue weighted by Gasteiger charge is -2.16. The molecule has 0 radical (unpaired) electrons. The lowest BCUT2D eigenvalue weighted by Crippen LogP contribution is -2.39. The molecule has 0 spiro atoms. The molecule has 7 nitrogen and oxygen atoms in total. The summed E-state index contributed by atoms with van der Waals surface area (Å²) >= 11 is 0. The van der Waals surface area contributed by atoms with E-state index in [0.29, 0.717) is 24.1 Å². The van der Waals surface area contributed by atoms with Gasteiger partial charge in [0.25, 0.3) is 5.56 Å². The van der Waals surface area contributed by atoms with Gasteiger partial charge in [-0.25, -0.2) is 4.68 Å². The Balaban J connectivity index is 1.55. The highest BCUT2D eigenvalue weighted by molar-refractivity contribution is 5.82. The number of rotatable bonds is 6. The second-order valence-corrected chi connectivity index (χ2v) is 6.40. The molecule has 27 heavy (non-hydrogen) atoms. The Kier molecular flexibility index (Phi) is 4.50. The average Bonchev–Trinajstić information content (AvgIpc) is 3.27. The Labute approximate surface area is 155 Å². The van der Waals surface area contributed by atoms with Gasteiger partial charge < -0.3 is 9.73 Å². The van der Waals surface area contributed by atoms with Crippen LogP contribution >= 0.6 is 0 Å². The van der Waals surface area contributed by atoms with E-state index in [2.05, 4.69) is 10.4 Å². The van der Waals surface area contributed by atoms with Crippen molar-refractivity contribution in [3.8, 4) is 0 Å². The third-order valence-corrected chi connectivity index (χ3v) is 4.72. The molecular formula is C20H20N4O3. The second-order valence-electron chi connectivity index (χ2n) is 6.40. The summed E-state index contributed by atoms with van der Waals surface area (Å²) in [5.74, 6) is -0.206. The Bertz CT molecular complexity index is 1140. The summed E-state index contributed by atoms with van der Waals surface area (Å²) in [5, 5.41) is 7.15. The van der Waals surface area contributed by atoms with E-state index in [1.807, 2.05) is 37.3 Å². The van der Waals surface area contributed by atoms with Gasteiger partial charge in [0.2, 0.25) is 5.91 Å². The van der Waals surface area contributed by atoms with Crippen molar-refractivity contribution < 1.29 is 9.21 Å². The molecule has 0 aliphatic heterocycles. The molecule has 0 aliphatic carbocycles. The number of hydrogen-bond acceptors (Lipinski definition) is 4. The Morgan fingerprint density at radius 1 is 1.22 bits per heavy atom. The van der Waals surface area contributed by atoms with Gasteiger partial charge in [-0.3, -0.25) is 14.0 Å². The van der Waals surface area contributed by atoms with Crippen LogP contribution in [-0.4, -0.2) is 26.6 Å². The molecule has 3 heterocycles. The number of aromatic nitrogens is 3. The predicted octanol–water partition coefficient (Wildman–Crippen LogP) is 2.55. The maximum atomic E-state index is 12.9. The first-order valence-electron chi connectivity index (χ1n) is 8.96. The number of hydrogen-bond donors (Lipinski definition) is 1. The van der Waals surface area contributed by atoms with E-state index in [9.17, 15) is 9.59 Å². The molecule has 0 bridgehead atoms. The summed E-state index contributed by atoms with van der Waals surface area (Å²) in [5.41, 5.74) is 2.68. The monoisotopic (exact) mass is 364 g/mol. The molecule has 4 aromatic rings. The summed E-state index contributed by atoms with van der Waals surface area (Å²) in [4.78, 5) is 25.5. The van der Waals surface area contributed by atoms with E-state index in [1.165, 1.54) is 4.68 Å². The van der Waals surface area contributed by atoms with E-state index in [-0.39, 0.29) is 11.5 Å². The fourth-order valence-corrected chi connectivity index (χ4v) is 3.29. The number of furan rings is 1. The summed E-state index contributed by atoms with van der Waals surface area (Å²) in [7, 11) is 0. The summed E-state index contributed by atoms with van der Waals surface area (Å²) in [6.45, 7) is 2.37. The Morgan fingerprint density at radius 2 is 2.04 bits per heavy atom. The van der Waals surface area contributed by atoms with Crippen LogP contribution in [0.25, 0.3) is 16.6 Å². The summed E-state index contributed by atoms with van der Waals surface area (Å²) in [6, 6.07) is 12.7. The molecule has 4 rings (SSSR count). The van der Waals surface area contributed by atoms with Crippen LogP contribution in [0.2, 0.25) is 0 Å². The number of amides is 1. The van der Waals surface area contributed by atoms with Gasteiger partial charge in [-0.1, -0.05) is 37.3 Å². The van der Waals surface area contributed by atoms with E-state index in [1.54, 1.807) is 29.1 Å². The highest BCUT2D eigenvalue weighted by Gasteiger charge is 2.22. The molecule has 0 aliphatic rings. The zero-order valence-corrected chi connectivity index (χ0v) is 15.0. The minimum absolute atomic E-state index is 0.206. The van der Waals surface area contributed by atoms with E-state index in [0.717, 1.165) is 17.5 Å². The first kappa shape index (κ1) is 17.1. The van der Waals surface area contributed by atoms with Crippen LogP contribution in [0.15, 0.2) is 64.3 Å². The van der Waals surface area contributed by atoms with Crippen LogP contribution in [0.1, 0.15) is 24.9 Å². The zero-order chi connectivity index (χ0) is 18.8. The molecule has 1 aromatic carbocycles. The van der Waals surface area contributed by atoms with Crippen molar-refractivity contribution in [3.63, 3.8) is 0 Å². The number of benzene rings is 1. The Hall–Kier alpha value is -3.35. The highest BCUT2D eigenvalue weighted by Crippen LogP contribution is 2.19. The maximum Gasteiger partial charge on any atom is 0.291 e. The van der Waals surface area contributed by atoms with Gasteiger partial charge >= 0.3 is 0 Å². The van der Waals surface area contributed by atoms with Crippen molar-refractivity contribution in [2.24, 2.45) is 0 Å². The lowest BCUT2D eigenvalue weighted by atomic mass is 10.1. The quantitative estimate of drug-likeness (QED) is 0.570. The van der Waals surface area contributed by atoms with E-state index >= 15 is 0 Å². The predicted molar refractivity (Wildman–Crippen MR) is 102 cm³/mol. The standard InChI is InChI=1S/C20H20N4O3/c1-2-15(19(25)21-10-8-14-6-4-3-5-7-14)24-20(26)17-12-18-16(9-11-27-18)23(17)13-22-24/h3-7,9,11-13,15H,2,8,10H2,1H3,(H,21,25). The number of nitrogens with one attached hydrogen (secondary N) is 1. The first-order chi connectivity index (χ1) is 13.2. The van der Waals surface area contributed by atoms with Gasteiger partial charge in [-0.05, 0) is 18.4 Å². The van der Waals surface area contributed by atoms with Crippen molar-refractivity contribution in [2.75, 3.05) is 6.54 Å². The normalized spacial score (nSPS) is 12.5. The molecule has 1 N–H and O–H groups in total. The molecule has 7 heteroatoms. The first-order valence-corrected chi connectivity index (χ1v) is 8.96. The maximum absolute atomic E-state index is 12.9. The lowest BCUT2D eigenvalue weighted by molar-refractivity contribution is -0.124. The van der Waals surface area contributed by atoms with Crippen molar-refractivity contribution in [1.29, 1.82) is 0 Å². The van der Waals surface area contributed by atoms with Crippen molar-refractivity contribution in [1.82, 2.24) is 19.5 Å². The minimum Gasteiger partial charge on any atom is -0.463 e. The number of fused-ring (bicyclic) bond motifs is 3. The molecule has 1 atom stereocenters. The minimum atomic E-state index is -0.653. The SMILES string of the molecule is CCC(C(=O)NCCc1ccccc1)n1ncn2c(cc3occc32)c1=O. The molecule has 3 aromatic heterocycles. The third-order valence-electron chi connectivity index (χ3n) is 4.72. The van der Waals surface area contributed by atoms with Gasteiger partial charge in [-0.2, -0.15) is 5.10 Å². The third kappa shape index (κ3) is 3.12. The van der Waals surface area contributed by atoms with Crippen molar-refractivity contribution in [3.05, 3.63) is 71.0 Å². The van der Waals surface area contributed by atoms with Crippen LogP contribution in [0.4, 0.5) is 0 Å².